The van der Waals surface area contributed by atoms with Gasteiger partial charge in [-0.05, 0) is 31.0 Å². The average molecular weight is 322 g/mol. The fourth-order valence-corrected chi connectivity index (χ4v) is 2.73. The zero-order chi connectivity index (χ0) is 16.9. The van der Waals surface area contributed by atoms with Gasteiger partial charge in [0.25, 0.3) is 0 Å². The topological polar surface area (TPSA) is 82.1 Å². The predicted octanol–water partition coefficient (Wildman–Crippen LogP) is 2.33. The van der Waals surface area contributed by atoms with Crippen LogP contribution in [0.4, 0.5) is 0 Å². The van der Waals surface area contributed by atoms with Crippen molar-refractivity contribution in [1.82, 2.24) is 0 Å². The van der Waals surface area contributed by atoms with Crippen LogP contribution in [0.2, 0.25) is 0 Å². The zero-order valence-electron chi connectivity index (χ0n) is 13.5. The quantitative estimate of drug-likeness (QED) is 0.838. The van der Waals surface area contributed by atoms with Crippen molar-refractivity contribution >= 4 is 11.9 Å². The van der Waals surface area contributed by atoms with Crippen molar-refractivity contribution in [3.05, 3.63) is 29.3 Å². The van der Waals surface area contributed by atoms with E-state index >= 15 is 0 Å². The van der Waals surface area contributed by atoms with Gasteiger partial charge in [0.1, 0.15) is 12.4 Å². The lowest BCUT2D eigenvalue weighted by molar-refractivity contribution is -0.0339. The molecule has 0 saturated heterocycles. The maximum atomic E-state index is 11.7. The monoisotopic (exact) mass is 322 g/mol. The first-order valence-electron chi connectivity index (χ1n) is 7.64. The third-order valence-corrected chi connectivity index (χ3v) is 4.04. The van der Waals surface area contributed by atoms with Gasteiger partial charge in [-0.2, -0.15) is 0 Å². The fourth-order valence-electron chi connectivity index (χ4n) is 2.73. The van der Waals surface area contributed by atoms with E-state index in [4.69, 9.17) is 4.74 Å². The molecule has 0 bridgehead atoms. The van der Waals surface area contributed by atoms with Gasteiger partial charge in [0, 0.05) is 0 Å². The lowest BCUT2D eigenvalue weighted by Gasteiger charge is -2.31. The minimum absolute atomic E-state index is 0.123. The Kier molecular flexibility index (Phi) is 5.60. The fraction of sp³-hybridized carbons (Fsp3) is 0.529. The third kappa shape index (κ3) is 4.45. The molecule has 1 N–H and O–H groups in total. The smallest absolute Gasteiger partial charge is 0.338 e. The summed E-state index contributed by atoms with van der Waals surface area (Å²) < 4.78 is 15.0. The molecule has 0 radical (unpaired) electrons. The van der Waals surface area contributed by atoms with E-state index in [0.29, 0.717) is 18.6 Å². The first-order chi connectivity index (χ1) is 11.0. The van der Waals surface area contributed by atoms with Crippen molar-refractivity contribution in [3.63, 3.8) is 0 Å². The number of methoxy groups -OCH3 is 2. The number of rotatable bonds is 5. The van der Waals surface area contributed by atoms with Crippen LogP contribution in [0, 0.1) is 0 Å². The van der Waals surface area contributed by atoms with Crippen molar-refractivity contribution < 1.29 is 28.9 Å². The molecule has 1 saturated carbocycles. The normalized spacial score (nSPS) is 16.5. The second kappa shape index (κ2) is 7.46. The molecule has 0 heterocycles. The summed E-state index contributed by atoms with van der Waals surface area (Å²) in [5, 5.41) is 10.5. The van der Waals surface area contributed by atoms with E-state index in [2.05, 4.69) is 9.47 Å². The number of ether oxygens (including phenoxy) is 3. The van der Waals surface area contributed by atoms with Gasteiger partial charge in [-0.25, -0.2) is 9.59 Å². The van der Waals surface area contributed by atoms with Crippen molar-refractivity contribution in [2.24, 2.45) is 0 Å². The molecular weight excluding hydrogens is 300 g/mol. The summed E-state index contributed by atoms with van der Waals surface area (Å²) >= 11 is 0. The summed E-state index contributed by atoms with van der Waals surface area (Å²) in [6.45, 7) is 0.123. The summed E-state index contributed by atoms with van der Waals surface area (Å²) in [5.41, 5.74) is -0.465. The number of aliphatic hydroxyl groups is 1. The van der Waals surface area contributed by atoms with Crippen LogP contribution in [0.5, 0.6) is 5.75 Å². The first kappa shape index (κ1) is 17.3. The van der Waals surface area contributed by atoms with Crippen LogP contribution < -0.4 is 4.74 Å². The van der Waals surface area contributed by atoms with Gasteiger partial charge in [-0.3, -0.25) is 0 Å². The summed E-state index contributed by atoms with van der Waals surface area (Å²) in [6.07, 6.45) is 4.43. The molecule has 0 spiro atoms. The molecule has 6 heteroatoms. The van der Waals surface area contributed by atoms with E-state index < -0.39 is 17.5 Å². The number of carbonyl (C=O) groups excluding carboxylic acids is 2. The lowest BCUT2D eigenvalue weighted by atomic mass is 9.85. The molecule has 1 aromatic rings. The number of carbonyl (C=O) groups is 2. The molecule has 126 valence electrons. The van der Waals surface area contributed by atoms with Crippen LogP contribution in [0.3, 0.4) is 0 Å². The first-order valence-corrected chi connectivity index (χ1v) is 7.64. The maximum Gasteiger partial charge on any atom is 0.338 e. The molecule has 0 aliphatic heterocycles. The van der Waals surface area contributed by atoms with Gasteiger partial charge in [-0.15, -0.1) is 0 Å². The number of hydrogen-bond acceptors (Lipinski definition) is 6. The Labute approximate surface area is 135 Å². The van der Waals surface area contributed by atoms with Crippen LogP contribution in [0.15, 0.2) is 18.2 Å². The highest BCUT2D eigenvalue weighted by atomic mass is 16.5. The van der Waals surface area contributed by atoms with Crippen LogP contribution in [0.1, 0.15) is 52.8 Å². The van der Waals surface area contributed by atoms with Crippen LogP contribution >= 0.6 is 0 Å². The van der Waals surface area contributed by atoms with Gasteiger partial charge in [-0.1, -0.05) is 19.3 Å². The summed E-state index contributed by atoms with van der Waals surface area (Å²) in [7, 11) is 2.52. The summed E-state index contributed by atoms with van der Waals surface area (Å²) in [6, 6.07) is 4.37. The van der Waals surface area contributed by atoms with E-state index in [1.165, 1.54) is 32.4 Å². The molecule has 1 aliphatic carbocycles. The van der Waals surface area contributed by atoms with Gasteiger partial charge >= 0.3 is 11.9 Å². The van der Waals surface area contributed by atoms with Crippen molar-refractivity contribution in [3.8, 4) is 5.75 Å². The van der Waals surface area contributed by atoms with E-state index in [1.807, 2.05) is 0 Å². The van der Waals surface area contributed by atoms with Crippen molar-refractivity contribution in [2.75, 3.05) is 20.8 Å². The van der Waals surface area contributed by atoms with Gasteiger partial charge in [0.15, 0.2) is 0 Å². The maximum absolute atomic E-state index is 11.7. The molecule has 1 aliphatic rings. The average Bonchev–Trinajstić information content (AvgIpc) is 2.59. The van der Waals surface area contributed by atoms with E-state index in [9.17, 15) is 14.7 Å². The SMILES string of the molecule is COC(=O)c1cc(OCC2(O)CCCCC2)cc(C(=O)OC)c1. The molecule has 23 heavy (non-hydrogen) atoms. The molecule has 0 unspecified atom stereocenters. The van der Waals surface area contributed by atoms with Crippen LogP contribution in [-0.4, -0.2) is 43.5 Å². The molecular formula is C17H22O6. The standard InChI is InChI=1S/C17H22O6/c1-21-15(18)12-8-13(16(19)22-2)10-14(9-12)23-11-17(20)6-4-3-5-7-17/h8-10,20H,3-7,11H2,1-2H3. The molecule has 6 nitrogen and oxygen atoms in total. The molecule has 0 atom stereocenters. The Bertz CT molecular complexity index is 540. The van der Waals surface area contributed by atoms with Crippen LogP contribution in [0.25, 0.3) is 0 Å². The second-order valence-corrected chi connectivity index (χ2v) is 5.80. The van der Waals surface area contributed by atoms with Gasteiger partial charge in [0.2, 0.25) is 0 Å². The largest absolute Gasteiger partial charge is 0.491 e. The molecule has 2 rings (SSSR count). The predicted molar refractivity (Wildman–Crippen MR) is 82.7 cm³/mol. The van der Waals surface area contributed by atoms with Gasteiger partial charge in [0.05, 0.1) is 30.9 Å². The van der Waals surface area contributed by atoms with E-state index in [0.717, 1.165) is 19.3 Å². The Morgan fingerprint density at radius 1 is 1.00 bits per heavy atom. The molecule has 0 amide bonds. The summed E-state index contributed by atoms with van der Waals surface area (Å²) in [5.74, 6) is -0.818. The number of benzene rings is 1. The Balaban J connectivity index is 2.19. The lowest BCUT2D eigenvalue weighted by Crippen LogP contribution is -2.37. The van der Waals surface area contributed by atoms with Crippen molar-refractivity contribution in [2.45, 2.75) is 37.7 Å². The highest BCUT2D eigenvalue weighted by Crippen LogP contribution is 2.29. The second-order valence-electron chi connectivity index (χ2n) is 5.80. The number of hydrogen-bond donors (Lipinski definition) is 1. The Morgan fingerprint density at radius 2 is 1.52 bits per heavy atom. The minimum atomic E-state index is -0.856. The van der Waals surface area contributed by atoms with E-state index in [1.54, 1.807) is 0 Å². The summed E-state index contributed by atoms with van der Waals surface area (Å²) in [4.78, 5) is 23.4. The number of esters is 2. The Hall–Kier alpha value is -2.08. The molecule has 1 fully saturated rings. The minimum Gasteiger partial charge on any atom is -0.491 e. The molecule has 1 aromatic carbocycles. The Morgan fingerprint density at radius 3 is 2.00 bits per heavy atom. The zero-order valence-corrected chi connectivity index (χ0v) is 13.5. The van der Waals surface area contributed by atoms with Crippen LogP contribution in [-0.2, 0) is 9.47 Å². The molecule has 0 aromatic heterocycles. The van der Waals surface area contributed by atoms with Gasteiger partial charge < -0.3 is 19.3 Å². The van der Waals surface area contributed by atoms with E-state index in [-0.39, 0.29) is 17.7 Å². The third-order valence-electron chi connectivity index (χ3n) is 4.04. The highest BCUT2D eigenvalue weighted by molar-refractivity contribution is 5.96. The van der Waals surface area contributed by atoms with Crippen molar-refractivity contribution in [1.29, 1.82) is 0 Å². The highest BCUT2D eigenvalue weighted by Gasteiger charge is 2.30.